The number of fused-ring (bicyclic) bond motifs is 1. The van der Waals surface area contributed by atoms with Gasteiger partial charge in [0, 0.05) is 34.5 Å². The highest BCUT2D eigenvalue weighted by Gasteiger charge is 2.18. The molecular formula is C32H29N5O2. The minimum atomic E-state index is -0.475. The van der Waals surface area contributed by atoms with Crippen LogP contribution in [-0.2, 0) is 17.7 Å². The Labute approximate surface area is 228 Å². The van der Waals surface area contributed by atoms with Gasteiger partial charge in [-0.15, -0.1) is 12.8 Å². The van der Waals surface area contributed by atoms with E-state index in [1.807, 2.05) is 65.6 Å². The van der Waals surface area contributed by atoms with Gasteiger partial charge in [-0.05, 0) is 47.7 Å². The fourth-order valence-corrected chi connectivity index (χ4v) is 4.49. The maximum Gasteiger partial charge on any atom is 0.339 e. The number of methoxy groups -OCH3 is 1. The third-order valence-electron chi connectivity index (χ3n) is 6.44. The molecular weight excluding hydrogens is 486 g/mol. The van der Waals surface area contributed by atoms with E-state index in [1.54, 1.807) is 12.3 Å². The number of benzene rings is 3. The van der Waals surface area contributed by atoms with Crippen molar-refractivity contribution >= 4 is 22.6 Å². The summed E-state index contributed by atoms with van der Waals surface area (Å²) in [4.78, 5) is 15.9. The number of hydrogen-bond acceptors (Lipinski definition) is 5. The van der Waals surface area contributed by atoms with Crippen LogP contribution in [0.1, 0.15) is 27.9 Å². The van der Waals surface area contributed by atoms with Crippen molar-refractivity contribution in [2.24, 2.45) is 0 Å². The van der Waals surface area contributed by atoms with Gasteiger partial charge in [0.2, 0.25) is 0 Å². The monoisotopic (exact) mass is 515 g/mol. The molecule has 0 fully saturated rings. The average molecular weight is 516 g/mol. The van der Waals surface area contributed by atoms with Gasteiger partial charge >= 0.3 is 5.97 Å². The molecule has 0 radical (unpaired) electrons. The first-order valence-electron chi connectivity index (χ1n) is 12.5. The van der Waals surface area contributed by atoms with Gasteiger partial charge in [0.15, 0.2) is 0 Å². The van der Waals surface area contributed by atoms with Gasteiger partial charge < -0.3 is 15.0 Å². The second-order valence-corrected chi connectivity index (χ2v) is 8.89. The van der Waals surface area contributed by atoms with Crippen LogP contribution in [0.4, 0.5) is 5.69 Å². The number of esters is 1. The van der Waals surface area contributed by atoms with Crippen LogP contribution >= 0.6 is 0 Å². The molecule has 194 valence electrons. The molecule has 0 spiro atoms. The number of rotatable bonds is 9. The van der Waals surface area contributed by atoms with Crippen LogP contribution in [0.3, 0.4) is 0 Å². The Morgan fingerprint density at radius 2 is 1.87 bits per heavy atom. The maximum absolute atomic E-state index is 12.7. The zero-order valence-electron chi connectivity index (χ0n) is 21.7. The smallest absolute Gasteiger partial charge is 0.339 e. The molecule has 7 nitrogen and oxygen atoms in total. The molecule has 2 heterocycles. The highest BCUT2D eigenvalue weighted by atomic mass is 16.5. The first-order chi connectivity index (χ1) is 19.1. The van der Waals surface area contributed by atoms with E-state index in [4.69, 9.17) is 4.74 Å². The fraction of sp³-hybridized carbons (Fsp3) is 0.156. The van der Waals surface area contributed by atoms with E-state index < -0.39 is 12.0 Å². The lowest BCUT2D eigenvalue weighted by Crippen LogP contribution is -2.20. The van der Waals surface area contributed by atoms with Crippen molar-refractivity contribution in [2.45, 2.75) is 25.4 Å². The number of para-hydroxylation sites is 1. The van der Waals surface area contributed by atoms with E-state index in [0.29, 0.717) is 24.2 Å². The zero-order chi connectivity index (χ0) is 27.6. The number of H-pyrrole nitrogens is 1. The average Bonchev–Trinajstić information content (AvgIpc) is 3.63. The second kappa shape index (κ2) is 12.8. The number of nitriles is 1. The van der Waals surface area contributed by atoms with E-state index in [-0.39, 0.29) is 0 Å². The largest absolute Gasteiger partial charge is 0.465 e. The predicted molar refractivity (Wildman–Crippen MR) is 154 cm³/mol. The van der Waals surface area contributed by atoms with Crippen molar-refractivity contribution < 1.29 is 9.53 Å². The number of nitrogens with zero attached hydrogens (tertiary/aromatic N) is 3. The Kier molecular flexibility index (Phi) is 8.79. The fourth-order valence-electron chi connectivity index (χ4n) is 4.49. The molecule has 5 rings (SSSR count). The van der Waals surface area contributed by atoms with Crippen LogP contribution in [0.2, 0.25) is 0 Å². The number of aryl methyl sites for hydroxylation is 1. The number of aromatic nitrogens is 3. The van der Waals surface area contributed by atoms with Crippen LogP contribution in [0.15, 0.2) is 91.4 Å². The van der Waals surface area contributed by atoms with Crippen molar-refractivity contribution in [2.75, 3.05) is 12.4 Å². The number of ether oxygens (including phenoxy) is 1. The third kappa shape index (κ3) is 6.36. The lowest BCUT2D eigenvalue weighted by molar-refractivity contribution is 0.0602. The summed E-state index contributed by atoms with van der Waals surface area (Å²) in [5.74, 6) is -0.464. The van der Waals surface area contributed by atoms with Gasteiger partial charge in [-0.3, -0.25) is 4.68 Å². The highest BCUT2D eigenvalue weighted by molar-refractivity contribution is 5.97. The summed E-state index contributed by atoms with van der Waals surface area (Å²) < 4.78 is 6.91. The summed E-state index contributed by atoms with van der Waals surface area (Å²) >= 11 is 0. The molecule has 0 aliphatic rings. The first-order valence-corrected chi connectivity index (χ1v) is 12.5. The first kappa shape index (κ1) is 26.8. The molecule has 2 aromatic heterocycles. The predicted octanol–water partition coefficient (Wildman–Crippen LogP) is 6.05. The van der Waals surface area contributed by atoms with Gasteiger partial charge in [-0.1, -0.05) is 54.6 Å². The Morgan fingerprint density at radius 3 is 2.64 bits per heavy atom. The summed E-state index contributed by atoms with van der Waals surface area (Å²) in [5.41, 5.74) is 6.08. The van der Waals surface area contributed by atoms with Gasteiger partial charge in [-0.2, -0.15) is 10.4 Å². The number of terminal acetylenes is 1. The normalized spacial score (nSPS) is 11.1. The Bertz CT molecular complexity index is 1610. The lowest BCUT2D eigenvalue weighted by Gasteiger charge is -2.16. The number of carbonyl (C=O) groups is 1. The Morgan fingerprint density at radius 1 is 1.10 bits per heavy atom. The van der Waals surface area contributed by atoms with Crippen molar-refractivity contribution in [3.05, 3.63) is 108 Å². The number of nitrogens with one attached hydrogen (secondary N) is 2. The van der Waals surface area contributed by atoms with Crippen LogP contribution in [0, 0.1) is 24.2 Å². The van der Waals surface area contributed by atoms with Crippen LogP contribution in [-0.4, -0.2) is 33.9 Å². The number of aromatic amines is 1. The Balaban J connectivity index is 0.00000172. The molecule has 2 N–H and O–H groups in total. The maximum atomic E-state index is 12.7. The van der Waals surface area contributed by atoms with Crippen molar-refractivity contribution in [3.63, 3.8) is 0 Å². The molecule has 0 amide bonds. The van der Waals surface area contributed by atoms with Crippen molar-refractivity contribution in [3.8, 4) is 30.0 Å². The van der Waals surface area contributed by atoms with Gasteiger partial charge in [0.05, 0.1) is 31.5 Å². The lowest BCUT2D eigenvalue weighted by atomic mass is 10.0. The topological polar surface area (TPSA) is 95.7 Å². The minimum Gasteiger partial charge on any atom is -0.465 e. The Hall–Kier alpha value is -5.27. The van der Waals surface area contributed by atoms with E-state index >= 15 is 0 Å². The molecule has 5 aromatic rings. The van der Waals surface area contributed by atoms with Crippen LogP contribution in [0.25, 0.3) is 22.0 Å². The molecule has 0 aliphatic carbocycles. The quantitative estimate of drug-likeness (QED) is 0.184. The van der Waals surface area contributed by atoms with E-state index in [9.17, 15) is 10.1 Å². The van der Waals surface area contributed by atoms with Crippen LogP contribution < -0.4 is 5.32 Å². The molecule has 0 aliphatic heterocycles. The van der Waals surface area contributed by atoms with E-state index in [2.05, 4.69) is 52.5 Å². The molecule has 0 saturated carbocycles. The number of hydrogen-bond donors (Lipinski definition) is 2. The van der Waals surface area contributed by atoms with Crippen LogP contribution in [0.5, 0.6) is 0 Å². The van der Waals surface area contributed by atoms with Gasteiger partial charge in [0.1, 0.15) is 6.04 Å². The number of carbonyl (C=O) groups excluding carboxylic acids is 1. The summed E-state index contributed by atoms with van der Waals surface area (Å²) in [5, 5.41) is 18.7. The van der Waals surface area contributed by atoms with Crippen molar-refractivity contribution in [1.29, 1.82) is 5.26 Å². The second-order valence-electron chi connectivity index (χ2n) is 8.89. The summed E-state index contributed by atoms with van der Waals surface area (Å²) in [6.07, 6.45) is 15.0. The molecule has 3 aromatic carbocycles. The summed E-state index contributed by atoms with van der Waals surface area (Å²) in [6.45, 7) is 0.657. The molecule has 1 atom stereocenters. The SMILES string of the molecule is C#C.COC(=O)c1cc(-c2cnn(Cc3ccccc3)c2)ccc1NC(C#N)CCc1c[nH]c2ccccc12. The number of anilines is 1. The van der Waals surface area contributed by atoms with Crippen molar-refractivity contribution in [1.82, 2.24) is 14.8 Å². The third-order valence-corrected chi connectivity index (χ3v) is 6.44. The molecule has 1 unspecified atom stereocenters. The zero-order valence-corrected chi connectivity index (χ0v) is 21.7. The molecule has 39 heavy (non-hydrogen) atoms. The molecule has 0 bridgehead atoms. The summed E-state index contributed by atoms with van der Waals surface area (Å²) in [6, 6.07) is 25.6. The standard InChI is InChI=1S/C30H27N5O2.C2H2/c1-37-30(36)27-15-22(24-18-33-35(20-24)19-21-7-3-2-4-8-21)12-14-29(27)34-25(16-31)13-11-23-17-32-28-10-6-5-9-26(23)28;1-2/h2-10,12,14-15,17-18,20,25,32,34H,11,13,19H2,1H3;1-2H. The van der Waals surface area contributed by atoms with E-state index in [0.717, 1.165) is 39.6 Å². The minimum absolute atomic E-state index is 0.378. The van der Waals surface area contributed by atoms with E-state index in [1.165, 1.54) is 7.11 Å². The summed E-state index contributed by atoms with van der Waals surface area (Å²) in [7, 11) is 1.36. The highest BCUT2D eigenvalue weighted by Crippen LogP contribution is 2.27. The van der Waals surface area contributed by atoms with Gasteiger partial charge in [-0.25, -0.2) is 4.79 Å². The van der Waals surface area contributed by atoms with Gasteiger partial charge in [0.25, 0.3) is 0 Å². The molecule has 7 heteroatoms. The molecule has 0 saturated heterocycles.